The van der Waals surface area contributed by atoms with Crippen LogP contribution in [0, 0.1) is 0 Å². The van der Waals surface area contributed by atoms with Crippen LogP contribution in [0.2, 0.25) is 0 Å². The van der Waals surface area contributed by atoms with Gasteiger partial charge in [-0.05, 0) is 33.6 Å². The molecule has 1 aliphatic rings. The van der Waals surface area contributed by atoms with Crippen molar-refractivity contribution in [1.82, 2.24) is 21.1 Å². The Labute approximate surface area is 133 Å². The van der Waals surface area contributed by atoms with Crippen molar-refractivity contribution in [2.75, 3.05) is 13.1 Å². The highest BCUT2D eigenvalue weighted by Crippen LogP contribution is 2.12. The molecule has 4 N–H and O–H groups in total. The topological polar surface area (TPSA) is 137 Å². The van der Waals surface area contributed by atoms with Crippen LogP contribution in [0.25, 0.3) is 0 Å². The summed E-state index contributed by atoms with van der Waals surface area (Å²) in [5, 5.41) is 11.1. The van der Waals surface area contributed by atoms with Gasteiger partial charge in [0.1, 0.15) is 5.60 Å². The summed E-state index contributed by atoms with van der Waals surface area (Å²) in [6, 6.07) is -0.710. The smallest absolute Gasteiger partial charge is 0.407 e. The fourth-order valence-electron chi connectivity index (χ4n) is 1.94. The summed E-state index contributed by atoms with van der Waals surface area (Å²) in [5.41, 5.74) is 3.22. The van der Waals surface area contributed by atoms with E-state index < -0.39 is 29.6 Å². The van der Waals surface area contributed by atoms with Gasteiger partial charge in [0.15, 0.2) is 0 Å². The number of nitrogens with zero attached hydrogens (tertiary/aromatic N) is 1. The largest absolute Gasteiger partial charge is 0.474 e. The van der Waals surface area contributed by atoms with Crippen molar-refractivity contribution in [3.8, 4) is 0 Å². The predicted octanol–water partition coefficient (Wildman–Crippen LogP) is -0.199. The van der Waals surface area contributed by atoms with E-state index in [1.54, 1.807) is 26.2 Å². The number of carbonyl (C=O) groups excluding carboxylic acids is 3. The maximum Gasteiger partial charge on any atom is 0.407 e. The average Bonchev–Trinajstić information content (AvgIpc) is 2.42. The molecule has 10 heteroatoms. The summed E-state index contributed by atoms with van der Waals surface area (Å²) in [5.74, 6) is -3.01. The molecule has 0 saturated carbocycles. The number of carboxylic acid groups (broad SMARTS) is 1. The third-order valence-corrected chi connectivity index (χ3v) is 2.98. The summed E-state index contributed by atoms with van der Waals surface area (Å²) >= 11 is 0. The lowest BCUT2D eigenvalue weighted by atomic mass is 10.1. The molecule has 130 valence electrons. The normalized spacial score (nSPS) is 15.5. The molecule has 23 heavy (non-hydrogen) atoms. The van der Waals surface area contributed by atoms with Gasteiger partial charge in [-0.2, -0.15) is 0 Å². The molecule has 0 atom stereocenters. The Bertz CT molecular complexity index is 479. The Morgan fingerprint density at radius 1 is 1.09 bits per heavy atom. The number of hydrogen-bond donors (Lipinski definition) is 4. The van der Waals surface area contributed by atoms with Crippen LogP contribution in [0.5, 0.6) is 0 Å². The van der Waals surface area contributed by atoms with Crippen LogP contribution >= 0.6 is 0 Å². The first kappa shape index (κ1) is 18.5. The first-order valence-corrected chi connectivity index (χ1v) is 7.16. The van der Waals surface area contributed by atoms with Gasteiger partial charge < -0.3 is 20.1 Å². The van der Waals surface area contributed by atoms with Gasteiger partial charge in [0.2, 0.25) is 0 Å². The lowest BCUT2D eigenvalue weighted by Crippen LogP contribution is -2.54. The molecule has 0 bridgehead atoms. The highest BCUT2D eigenvalue weighted by molar-refractivity contribution is 6.31. The van der Waals surface area contributed by atoms with Crippen LogP contribution in [0.15, 0.2) is 0 Å². The van der Waals surface area contributed by atoms with Crippen molar-refractivity contribution in [3.05, 3.63) is 0 Å². The first-order chi connectivity index (χ1) is 10.6. The molecule has 0 spiro atoms. The minimum absolute atomic E-state index is 0.109. The zero-order chi connectivity index (χ0) is 17.6. The van der Waals surface area contributed by atoms with Crippen LogP contribution in [0.4, 0.5) is 9.59 Å². The second-order valence-corrected chi connectivity index (χ2v) is 6.10. The van der Waals surface area contributed by atoms with E-state index in [2.05, 4.69) is 5.32 Å². The lowest BCUT2D eigenvalue weighted by Gasteiger charge is -2.32. The molecule has 0 aromatic rings. The molecule has 4 amide bonds. The molecule has 0 radical (unpaired) electrons. The molecular weight excluding hydrogens is 308 g/mol. The number of ether oxygens (including phenoxy) is 1. The van der Waals surface area contributed by atoms with E-state index in [1.165, 1.54) is 4.90 Å². The Balaban J connectivity index is 2.32. The quantitative estimate of drug-likeness (QED) is 0.388. The monoisotopic (exact) mass is 330 g/mol. The second kappa shape index (κ2) is 7.65. The molecule has 0 aromatic carbocycles. The molecule has 1 saturated heterocycles. The number of likely N-dealkylation sites (tertiary alicyclic amines) is 1. The van der Waals surface area contributed by atoms with E-state index in [0.717, 1.165) is 0 Å². The zero-order valence-electron chi connectivity index (χ0n) is 13.3. The summed E-state index contributed by atoms with van der Waals surface area (Å²) < 4.78 is 5.16. The van der Waals surface area contributed by atoms with E-state index >= 15 is 0 Å². The fraction of sp³-hybridized carbons (Fsp3) is 0.692. The van der Waals surface area contributed by atoms with Crippen LogP contribution in [0.3, 0.4) is 0 Å². The van der Waals surface area contributed by atoms with Crippen molar-refractivity contribution < 1.29 is 29.0 Å². The van der Waals surface area contributed by atoms with Gasteiger partial charge in [0.25, 0.3) is 0 Å². The number of carbonyl (C=O) groups is 4. The molecule has 10 nitrogen and oxygen atoms in total. The number of aliphatic carboxylic acids is 1. The Kier molecular flexibility index (Phi) is 6.17. The van der Waals surface area contributed by atoms with Crippen molar-refractivity contribution in [2.45, 2.75) is 45.3 Å². The Hall–Kier alpha value is -2.52. The first-order valence-electron chi connectivity index (χ1n) is 7.16. The molecule has 1 heterocycles. The number of rotatable bonds is 1. The highest BCUT2D eigenvalue weighted by atomic mass is 16.6. The van der Waals surface area contributed by atoms with Crippen LogP contribution in [-0.4, -0.2) is 58.7 Å². The number of piperidine rings is 1. The summed E-state index contributed by atoms with van der Waals surface area (Å²) in [6.07, 6.45) is 0.549. The van der Waals surface area contributed by atoms with Gasteiger partial charge in [-0.3, -0.25) is 10.2 Å². The number of alkyl carbamates (subject to hydrolysis) is 1. The number of nitrogens with one attached hydrogen (secondary N) is 3. The SMILES string of the molecule is CC(C)(C)OC(=O)NC1CCN(C(=O)NNC(=O)C(=O)O)CC1. The number of urea groups is 1. The predicted molar refractivity (Wildman–Crippen MR) is 78.3 cm³/mol. The van der Waals surface area contributed by atoms with E-state index in [-0.39, 0.29) is 6.04 Å². The number of carboxylic acids is 1. The van der Waals surface area contributed by atoms with Gasteiger partial charge >= 0.3 is 24.0 Å². The third kappa shape index (κ3) is 6.85. The van der Waals surface area contributed by atoms with E-state index in [9.17, 15) is 19.2 Å². The van der Waals surface area contributed by atoms with Gasteiger partial charge in [0, 0.05) is 19.1 Å². The highest BCUT2D eigenvalue weighted by Gasteiger charge is 2.26. The number of hydrazine groups is 1. The standard InChI is InChI=1S/C13H22N4O6/c1-13(2,3)23-12(22)14-8-4-6-17(7-5-8)11(21)16-15-9(18)10(19)20/h8H,4-7H2,1-3H3,(H,14,22)(H,15,18)(H,16,21)(H,19,20). The molecular formula is C13H22N4O6. The average molecular weight is 330 g/mol. The van der Waals surface area contributed by atoms with E-state index in [1.807, 2.05) is 5.43 Å². The summed E-state index contributed by atoms with van der Waals surface area (Å²) in [7, 11) is 0. The molecule has 1 rings (SSSR count). The van der Waals surface area contributed by atoms with Gasteiger partial charge in [0.05, 0.1) is 0 Å². The lowest BCUT2D eigenvalue weighted by molar-refractivity contribution is -0.150. The second-order valence-electron chi connectivity index (χ2n) is 6.10. The van der Waals surface area contributed by atoms with Crippen molar-refractivity contribution in [3.63, 3.8) is 0 Å². The minimum Gasteiger partial charge on any atom is -0.474 e. The number of amides is 4. The van der Waals surface area contributed by atoms with Crippen molar-refractivity contribution in [1.29, 1.82) is 0 Å². The van der Waals surface area contributed by atoms with Crippen LogP contribution in [0.1, 0.15) is 33.6 Å². The van der Waals surface area contributed by atoms with E-state index in [0.29, 0.717) is 25.9 Å². The molecule has 0 aliphatic carbocycles. The third-order valence-electron chi connectivity index (χ3n) is 2.98. The summed E-state index contributed by atoms with van der Waals surface area (Å²) in [4.78, 5) is 45.9. The molecule has 0 unspecified atom stereocenters. The van der Waals surface area contributed by atoms with Crippen LogP contribution in [-0.2, 0) is 14.3 Å². The molecule has 1 fully saturated rings. The van der Waals surface area contributed by atoms with Crippen LogP contribution < -0.4 is 16.2 Å². The maximum atomic E-state index is 11.7. The van der Waals surface area contributed by atoms with Gasteiger partial charge in [-0.25, -0.2) is 19.8 Å². The maximum absolute atomic E-state index is 11.7. The zero-order valence-corrected chi connectivity index (χ0v) is 13.3. The number of hydrogen-bond acceptors (Lipinski definition) is 5. The molecule has 1 aliphatic heterocycles. The minimum atomic E-state index is -1.69. The van der Waals surface area contributed by atoms with Crippen molar-refractivity contribution in [2.24, 2.45) is 0 Å². The van der Waals surface area contributed by atoms with Gasteiger partial charge in [-0.15, -0.1) is 0 Å². The van der Waals surface area contributed by atoms with Gasteiger partial charge in [-0.1, -0.05) is 0 Å². The fourth-order valence-corrected chi connectivity index (χ4v) is 1.94. The van der Waals surface area contributed by atoms with Crippen molar-refractivity contribution >= 4 is 24.0 Å². The Morgan fingerprint density at radius 2 is 1.65 bits per heavy atom. The Morgan fingerprint density at radius 3 is 2.13 bits per heavy atom. The van der Waals surface area contributed by atoms with E-state index in [4.69, 9.17) is 9.84 Å². The molecule has 0 aromatic heterocycles. The summed E-state index contributed by atoms with van der Waals surface area (Å²) in [6.45, 7) is 6.02.